The Morgan fingerprint density at radius 3 is 2.43 bits per heavy atom. The van der Waals surface area contributed by atoms with Gasteiger partial charge in [-0.2, -0.15) is 5.10 Å². The second kappa shape index (κ2) is 5.35. The molecule has 0 saturated heterocycles. The molecule has 2 aromatic rings. The van der Waals surface area contributed by atoms with Gasteiger partial charge in [0, 0.05) is 22.2 Å². The van der Waals surface area contributed by atoms with Crippen molar-refractivity contribution < 1.29 is 8.42 Å². The highest BCUT2D eigenvalue weighted by molar-refractivity contribution is 7.92. The number of rotatable bonds is 3. The van der Waals surface area contributed by atoms with Crippen LogP contribution in [0.4, 0.5) is 5.82 Å². The molecule has 0 radical (unpaired) electrons. The summed E-state index contributed by atoms with van der Waals surface area (Å²) >= 11 is 5.97. The monoisotopic (exact) mass is 327 g/mol. The maximum atomic E-state index is 12.3. The summed E-state index contributed by atoms with van der Waals surface area (Å²) in [6.07, 6.45) is 0. The molecule has 0 amide bonds. The summed E-state index contributed by atoms with van der Waals surface area (Å²) in [5, 5.41) is 7.23. The van der Waals surface area contributed by atoms with Gasteiger partial charge in [0.15, 0.2) is 5.82 Å². The van der Waals surface area contributed by atoms with Gasteiger partial charge in [0.25, 0.3) is 10.0 Å². The highest BCUT2D eigenvalue weighted by Gasteiger charge is 2.20. The molecule has 0 fully saturated rings. The zero-order valence-corrected chi connectivity index (χ0v) is 13.9. The molecule has 0 unspecified atom stereocenters. The zero-order chi connectivity index (χ0) is 15.8. The summed E-state index contributed by atoms with van der Waals surface area (Å²) in [4.78, 5) is 0.110. The molecule has 0 spiro atoms. The number of anilines is 1. The molecule has 5 nitrogen and oxygen atoms in total. The quantitative estimate of drug-likeness (QED) is 0.906. The summed E-state index contributed by atoms with van der Waals surface area (Å²) in [6, 6.07) is 6.30. The van der Waals surface area contributed by atoms with Gasteiger partial charge < -0.3 is 0 Å². The first-order valence-electron chi connectivity index (χ1n) is 6.44. The second-order valence-electron chi connectivity index (χ2n) is 5.93. The summed E-state index contributed by atoms with van der Waals surface area (Å²) < 4.78 is 27.0. The average Bonchev–Trinajstić information content (AvgIpc) is 2.80. The van der Waals surface area contributed by atoms with Gasteiger partial charge in [-0.15, -0.1) is 0 Å². The van der Waals surface area contributed by atoms with E-state index in [0.29, 0.717) is 5.02 Å². The Balaban J connectivity index is 2.29. The molecule has 2 N–H and O–H groups in total. The Bertz CT molecular complexity index is 761. The standard InChI is InChI=1S/C14H18ClN3O2S/c1-9-5-6-10(7-11(9)15)21(19,20)18-13-8-12(16-17-13)14(2,3)4/h5-8H,1-4H3,(H2,16,17,18). The number of H-pyrrole nitrogens is 1. The van der Waals surface area contributed by atoms with Crippen LogP contribution in [0.3, 0.4) is 0 Å². The van der Waals surface area contributed by atoms with Gasteiger partial charge in [0.1, 0.15) is 0 Å². The van der Waals surface area contributed by atoms with Gasteiger partial charge in [-0.05, 0) is 24.6 Å². The van der Waals surface area contributed by atoms with E-state index < -0.39 is 10.0 Å². The molecule has 1 aromatic heterocycles. The molecule has 2 rings (SSSR count). The van der Waals surface area contributed by atoms with Crippen molar-refractivity contribution in [1.29, 1.82) is 0 Å². The van der Waals surface area contributed by atoms with Crippen molar-refractivity contribution in [3.8, 4) is 0 Å². The highest BCUT2D eigenvalue weighted by atomic mass is 35.5. The van der Waals surface area contributed by atoms with Crippen molar-refractivity contribution in [3.63, 3.8) is 0 Å². The van der Waals surface area contributed by atoms with Gasteiger partial charge >= 0.3 is 0 Å². The minimum absolute atomic E-state index is 0.110. The number of sulfonamides is 1. The van der Waals surface area contributed by atoms with Crippen LogP contribution in [-0.2, 0) is 15.4 Å². The third kappa shape index (κ3) is 3.57. The topological polar surface area (TPSA) is 74.8 Å². The second-order valence-corrected chi connectivity index (χ2v) is 8.02. The van der Waals surface area contributed by atoms with E-state index in [0.717, 1.165) is 11.3 Å². The van der Waals surface area contributed by atoms with E-state index >= 15 is 0 Å². The van der Waals surface area contributed by atoms with Crippen LogP contribution in [0.25, 0.3) is 0 Å². The highest BCUT2D eigenvalue weighted by Crippen LogP contribution is 2.24. The Labute approximate surface area is 129 Å². The van der Waals surface area contributed by atoms with Crippen LogP contribution in [0.5, 0.6) is 0 Å². The number of nitrogens with one attached hydrogen (secondary N) is 2. The molecule has 114 valence electrons. The van der Waals surface area contributed by atoms with Crippen molar-refractivity contribution in [2.75, 3.05) is 4.72 Å². The van der Waals surface area contributed by atoms with Crippen LogP contribution in [0.1, 0.15) is 32.0 Å². The smallest absolute Gasteiger partial charge is 0.263 e. The predicted molar refractivity (Wildman–Crippen MR) is 84.3 cm³/mol. The number of hydrogen-bond donors (Lipinski definition) is 2. The summed E-state index contributed by atoms with van der Waals surface area (Å²) in [5.41, 5.74) is 1.54. The number of aromatic amines is 1. The first-order valence-corrected chi connectivity index (χ1v) is 8.30. The fourth-order valence-electron chi connectivity index (χ4n) is 1.70. The fourth-order valence-corrected chi connectivity index (χ4v) is 2.96. The van der Waals surface area contributed by atoms with Gasteiger partial charge in [-0.1, -0.05) is 38.4 Å². The molecular weight excluding hydrogens is 310 g/mol. The Morgan fingerprint density at radius 2 is 1.90 bits per heavy atom. The lowest BCUT2D eigenvalue weighted by Crippen LogP contribution is -2.13. The molecule has 0 atom stereocenters. The summed E-state index contributed by atoms with van der Waals surface area (Å²) in [6.45, 7) is 7.85. The fraction of sp³-hybridized carbons (Fsp3) is 0.357. The third-order valence-electron chi connectivity index (χ3n) is 3.08. The van der Waals surface area contributed by atoms with E-state index in [1.165, 1.54) is 12.1 Å². The van der Waals surface area contributed by atoms with Crippen LogP contribution in [0, 0.1) is 6.92 Å². The van der Waals surface area contributed by atoms with Gasteiger partial charge in [-0.25, -0.2) is 8.42 Å². The molecular formula is C14H18ClN3O2S. The minimum atomic E-state index is -3.70. The van der Waals surface area contributed by atoms with Crippen LogP contribution in [0.15, 0.2) is 29.2 Å². The van der Waals surface area contributed by atoms with Gasteiger partial charge in [0.2, 0.25) is 0 Å². The molecule has 0 aliphatic rings. The number of aryl methyl sites for hydroxylation is 1. The van der Waals surface area contributed by atoms with Crippen LogP contribution in [0.2, 0.25) is 5.02 Å². The molecule has 1 aromatic carbocycles. The normalized spacial score (nSPS) is 12.4. The van der Waals surface area contributed by atoms with Crippen LogP contribution < -0.4 is 4.72 Å². The molecule has 0 saturated carbocycles. The lowest BCUT2D eigenvalue weighted by molar-refractivity contribution is 0.567. The van der Waals surface area contributed by atoms with Crippen molar-refractivity contribution in [1.82, 2.24) is 10.2 Å². The van der Waals surface area contributed by atoms with Crippen molar-refractivity contribution in [2.24, 2.45) is 0 Å². The number of hydrogen-bond acceptors (Lipinski definition) is 3. The predicted octanol–water partition coefficient (Wildman–Crippen LogP) is 3.47. The van der Waals surface area contributed by atoms with E-state index in [4.69, 9.17) is 11.6 Å². The molecule has 21 heavy (non-hydrogen) atoms. The Kier molecular flexibility index (Phi) is 4.04. The number of benzene rings is 1. The Hall–Kier alpha value is -1.53. The van der Waals surface area contributed by atoms with E-state index in [-0.39, 0.29) is 16.1 Å². The van der Waals surface area contributed by atoms with E-state index in [1.54, 1.807) is 12.1 Å². The van der Waals surface area contributed by atoms with E-state index in [2.05, 4.69) is 14.9 Å². The lowest BCUT2D eigenvalue weighted by atomic mass is 9.92. The lowest BCUT2D eigenvalue weighted by Gasteiger charge is -2.14. The first kappa shape index (κ1) is 15.9. The maximum Gasteiger partial charge on any atom is 0.263 e. The summed E-state index contributed by atoms with van der Waals surface area (Å²) in [7, 11) is -3.70. The third-order valence-corrected chi connectivity index (χ3v) is 4.84. The Morgan fingerprint density at radius 1 is 1.24 bits per heavy atom. The van der Waals surface area contributed by atoms with Gasteiger partial charge in [-0.3, -0.25) is 9.82 Å². The molecule has 7 heteroatoms. The number of aromatic nitrogens is 2. The maximum absolute atomic E-state index is 12.3. The molecule has 0 aliphatic heterocycles. The van der Waals surface area contributed by atoms with Crippen molar-refractivity contribution in [3.05, 3.63) is 40.5 Å². The van der Waals surface area contributed by atoms with Crippen molar-refractivity contribution >= 4 is 27.4 Å². The van der Waals surface area contributed by atoms with Gasteiger partial charge in [0.05, 0.1) is 4.90 Å². The number of halogens is 1. The largest absolute Gasteiger partial charge is 0.280 e. The van der Waals surface area contributed by atoms with Crippen molar-refractivity contribution in [2.45, 2.75) is 38.0 Å². The zero-order valence-electron chi connectivity index (χ0n) is 12.4. The van der Waals surface area contributed by atoms with E-state index in [1.807, 2.05) is 27.7 Å². The van der Waals surface area contributed by atoms with E-state index in [9.17, 15) is 8.42 Å². The molecule has 0 bridgehead atoms. The SMILES string of the molecule is Cc1ccc(S(=O)(=O)Nc2cc(C(C)(C)C)[nH]n2)cc1Cl. The molecule has 1 heterocycles. The average molecular weight is 328 g/mol. The summed E-state index contributed by atoms with van der Waals surface area (Å²) in [5.74, 6) is 0.261. The number of nitrogens with zero attached hydrogens (tertiary/aromatic N) is 1. The van der Waals surface area contributed by atoms with Crippen LogP contribution >= 0.6 is 11.6 Å². The minimum Gasteiger partial charge on any atom is -0.280 e. The first-order chi connectivity index (χ1) is 9.59. The van der Waals surface area contributed by atoms with Crippen LogP contribution in [-0.4, -0.2) is 18.6 Å². The molecule has 0 aliphatic carbocycles.